The zero-order valence-corrected chi connectivity index (χ0v) is 24.2. The van der Waals surface area contributed by atoms with Crippen LogP contribution < -0.4 is 10.7 Å². The molecule has 1 aliphatic rings. The van der Waals surface area contributed by atoms with Crippen molar-refractivity contribution in [2.24, 2.45) is 0 Å². The van der Waals surface area contributed by atoms with E-state index in [9.17, 15) is 24.0 Å². The molecule has 11 heteroatoms. The van der Waals surface area contributed by atoms with Crippen LogP contribution in [0.5, 0.6) is 0 Å². The summed E-state index contributed by atoms with van der Waals surface area (Å²) in [5.74, 6) is -1.54. The Morgan fingerprint density at radius 3 is 2.29 bits per heavy atom. The summed E-state index contributed by atoms with van der Waals surface area (Å²) in [4.78, 5) is 70.0. The van der Waals surface area contributed by atoms with E-state index in [1.807, 2.05) is 25.1 Å². The first-order chi connectivity index (χ1) is 19.5. The van der Waals surface area contributed by atoms with Crippen molar-refractivity contribution in [3.8, 4) is 11.3 Å². The molecule has 0 unspecified atom stereocenters. The molecule has 1 saturated heterocycles. The normalized spacial score (nSPS) is 14.2. The first kappa shape index (κ1) is 31.4. The van der Waals surface area contributed by atoms with Crippen molar-refractivity contribution in [1.29, 1.82) is 0 Å². The third-order valence-corrected chi connectivity index (χ3v) is 6.41. The molecule has 2 N–H and O–H groups in total. The third kappa shape index (κ3) is 9.77. The first-order valence-corrected chi connectivity index (χ1v) is 14.0. The molecule has 2 heterocycles. The van der Waals surface area contributed by atoms with Crippen molar-refractivity contribution in [2.75, 3.05) is 32.8 Å². The van der Waals surface area contributed by atoms with E-state index in [2.05, 4.69) is 10.3 Å². The van der Waals surface area contributed by atoms with Crippen molar-refractivity contribution in [3.63, 3.8) is 0 Å². The number of pyridine rings is 1. The van der Waals surface area contributed by atoms with Gasteiger partial charge in [0.2, 0.25) is 5.91 Å². The number of benzene rings is 1. The highest BCUT2D eigenvalue weighted by atomic mass is 16.6. The summed E-state index contributed by atoms with van der Waals surface area (Å²) in [5.41, 5.74) is 0.112. The van der Waals surface area contributed by atoms with Gasteiger partial charge in [-0.1, -0.05) is 43.7 Å². The summed E-state index contributed by atoms with van der Waals surface area (Å²) in [5, 5.41) is 2.71. The van der Waals surface area contributed by atoms with Gasteiger partial charge >= 0.3 is 12.1 Å². The van der Waals surface area contributed by atoms with E-state index >= 15 is 0 Å². The molecule has 0 saturated carbocycles. The fraction of sp³-hybridized carbons (Fsp3) is 0.500. The topological polar surface area (TPSA) is 138 Å². The first-order valence-electron chi connectivity index (χ1n) is 14.0. The van der Waals surface area contributed by atoms with Crippen LogP contribution in [0.25, 0.3) is 11.3 Å². The predicted molar refractivity (Wildman–Crippen MR) is 153 cm³/mol. The largest absolute Gasteiger partial charge is 0.460 e. The third-order valence-electron chi connectivity index (χ3n) is 6.41. The van der Waals surface area contributed by atoms with Crippen molar-refractivity contribution in [2.45, 2.75) is 65.0 Å². The van der Waals surface area contributed by atoms with Gasteiger partial charge in [-0.05, 0) is 39.2 Å². The van der Waals surface area contributed by atoms with Gasteiger partial charge in [0.15, 0.2) is 5.43 Å². The average molecular weight is 569 g/mol. The molecule has 1 aromatic carbocycles. The Labute approximate surface area is 240 Å². The van der Waals surface area contributed by atoms with Gasteiger partial charge in [0.05, 0.1) is 6.61 Å². The van der Waals surface area contributed by atoms with Crippen LogP contribution in [0.4, 0.5) is 4.79 Å². The number of aromatic amines is 1. The summed E-state index contributed by atoms with van der Waals surface area (Å²) in [6.45, 7) is 8.68. The van der Waals surface area contributed by atoms with Crippen LogP contribution in [0.3, 0.4) is 0 Å². The molecule has 41 heavy (non-hydrogen) atoms. The zero-order valence-electron chi connectivity index (χ0n) is 24.2. The van der Waals surface area contributed by atoms with E-state index in [0.717, 1.165) is 18.4 Å². The maximum absolute atomic E-state index is 13.6. The van der Waals surface area contributed by atoms with Crippen LogP contribution >= 0.6 is 0 Å². The van der Waals surface area contributed by atoms with Crippen LogP contribution in [-0.2, 0) is 19.1 Å². The van der Waals surface area contributed by atoms with Crippen molar-refractivity contribution >= 4 is 23.9 Å². The van der Waals surface area contributed by atoms with Crippen molar-refractivity contribution in [3.05, 3.63) is 58.4 Å². The Morgan fingerprint density at radius 1 is 1.00 bits per heavy atom. The van der Waals surface area contributed by atoms with Crippen LogP contribution in [-0.4, -0.2) is 83.1 Å². The summed E-state index contributed by atoms with van der Waals surface area (Å²) in [7, 11) is 0. The Hall–Kier alpha value is -4.15. The molecule has 1 aliphatic heterocycles. The van der Waals surface area contributed by atoms with E-state index in [1.54, 1.807) is 42.7 Å². The van der Waals surface area contributed by atoms with Gasteiger partial charge < -0.3 is 29.6 Å². The predicted octanol–water partition coefficient (Wildman–Crippen LogP) is 3.34. The van der Waals surface area contributed by atoms with Crippen molar-refractivity contribution < 1.29 is 28.7 Å². The number of amides is 3. The zero-order chi connectivity index (χ0) is 30.0. The van der Waals surface area contributed by atoms with Gasteiger partial charge in [-0.2, -0.15) is 0 Å². The molecule has 0 aliphatic carbocycles. The molecule has 222 valence electrons. The van der Waals surface area contributed by atoms with Gasteiger partial charge in [0.1, 0.15) is 17.3 Å². The molecule has 11 nitrogen and oxygen atoms in total. The molecular weight excluding hydrogens is 528 g/mol. The Bertz CT molecular complexity index is 1260. The fourth-order valence-corrected chi connectivity index (χ4v) is 4.31. The summed E-state index contributed by atoms with van der Waals surface area (Å²) in [6, 6.07) is 10.6. The van der Waals surface area contributed by atoms with E-state index in [-0.39, 0.29) is 56.1 Å². The highest BCUT2D eigenvalue weighted by Crippen LogP contribution is 2.16. The second kappa shape index (κ2) is 14.5. The number of piperazine rings is 1. The van der Waals surface area contributed by atoms with Crippen LogP contribution in [0.15, 0.2) is 47.3 Å². The highest BCUT2D eigenvalue weighted by Gasteiger charge is 2.31. The maximum atomic E-state index is 13.6. The van der Waals surface area contributed by atoms with Crippen LogP contribution in [0, 0.1) is 0 Å². The number of hydrogen-bond acceptors (Lipinski definition) is 7. The molecule has 1 atom stereocenters. The number of unbranched alkanes of at least 4 members (excludes halogenated alkanes) is 1. The number of aromatic nitrogens is 1. The minimum atomic E-state index is -1.05. The van der Waals surface area contributed by atoms with Crippen LogP contribution in [0.1, 0.15) is 63.9 Å². The maximum Gasteiger partial charge on any atom is 0.409 e. The number of rotatable bonds is 10. The van der Waals surface area contributed by atoms with E-state index in [1.165, 1.54) is 12.1 Å². The lowest BCUT2D eigenvalue weighted by Gasteiger charge is -2.36. The standard InChI is InChI=1S/C30H40N4O7/c1-5-6-18-40-29(39)34-16-14-33(15-17-34)28(38)23(12-13-26(36)41-30(2,3)4)32-27(37)25-20-22(35)19-24(31-25)21-10-8-7-9-11-21/h7-11,19-20,23H,5-6,12-18H2,1-4H3,(H,31,35)(H,32,37)/t23-/m0/s1. The van der Waals surface area contributed by atoms with Gasteiger partial charge in [0, 0.05) is 50.4 Å². The molecular formula is C30H40N4O7. The molecule has 0 spiro atoms. The van der Waals surface area contributed by atoms with Crippen LogP contribution in [0.2, 0.25) is 0 Å². The number of esters is 1. The molecule has 3 amide bonds. The second-order valence-electron chi connectivity index (χ2n) is 10.9. The lowest BCUT2D eigenvalue weighted by molar-refractivity contribution is -0.155. The smallest absolute Gasteiger partial charge is 0.409 e. The second-order valence-corrected chi connectivity index (χ2v) is 10.9. The quantitative estimate of drug-likeness (QED) is 0.331. The number of hydrogen-bond donors (Lipinski definition) is 2. The summed E-state index contributed by atoms with van der Waals surface area (Å²) >= 11 is 0. The monoisotopic (exact) mass is 568 g/mol. The van der Waals surface area contributed by atoms with Gasteiger partial charge in [-0.15, -0.1) is 0 Å². The molecule has 1 aromatic heterocycles. The summed E-state index contributed by atoms with van der Waals surface area (Å²) in [6.07, 6.45) is 1.18. The SMILES string of the molecule is CCCCOC(=O)N1CCN(C(=O)[C@H](CCC(=O)OC(C)(C)C)NC(=O)c2cc(=O)cc(-c3ccccc3)[nH]2)CC1. The number of nitrogens with zero attached hydrogens (tertiary/aromatic N) is 2. The number of carbonyl (C=O) groups excluding carboxylic acids is 4. The fourth-order valence-electron chi connectivity index (χ4n) is 4.31. The van der Waals surface area contributed by atoms with E-state index in [0.29, 0.717) is 12.3 Å². The van der Waals surface area contributed by atoms with Gasteiger partial charge in [0.25, 0.3) is 5.91 Å². The Kier molecular flexibility index (Phi) is 11.1. The Balaban J connectivity index is 1.73. The van der Waals surface area contributed by atoms with Gasteiger partial charge in [-0.25, -0.2) is 4.79 Å². The number of H-pyrrole nitrogens is 1. The lowest BCUT2D eigenvalue weighted by Crippen LogP contribution is -2.56. The average Bonchev–Trinajstić information content (AvgIpc) is 2.94. The van der Waals surface area contributed by atoms with Gasteiger partial charge in [-0.3, -0.25) is 19.2 Å². The number of nitrogens with one attached hydrogen (secondary N) is 2. The molecule has 0 bridgehead atoms. The Morgan fingerprint density at radius 2 is 1.66 bits per heavy atom. The van der Waals surface area contributed by atoms with E-state index < -0.39 is 29.6 Å². The molecule has 3 rings (SSSR count). The molecule has 0 radical (unpaired) electrons. The lowest BCUT2D eigenvalue weighted by atomic mass is 10.1. The minimum absolute atomic E-state index is 0.00136. The van der Waals surface area contributed by atoms with Crippen molar-refractivity contribution in [1.82, 2.24) is 20.1 Å². The number of ether oxygens (including phenoxy) is 2. The summed E-state index contributed by atoms with van der Waals surface area (Å²) < 4.78 is 10.7. The molecule has 2 aromatic rings. The molecule has 1 fully saturated rings. The highest BCUT2D eigenvalue weighted by molar-refractivity contribution is 5.96. The van der Waals surface area contributed by atoms with E-state index in [4.69, 9.17) is 9.47 Å². The minimum Gasteiger partial charge on any atom is -0.460 e. The number of carbonyl (C=O) groups is 4.